The third kappa shape index (κ3) is 2.17. The quantitative estimate of drug-likeness (QED) is 0.612. The van der Waals surface area contributed by atoms with E-state index in [1.165, 1.54) is 0 Å². The molecule has 1 fully saturated rings. The Morgan fingerprint density at radius 3 is 2.41 bits per heavy atom. The summed E-state index contributed by atoms with van der Waals surface area (Å²) >= 11 is 0. The summed E-state index contributed by atoms with van der Waals surface area (Å²) in [5.41, 5.74) is 2.99. The Hall–Kier alpha value is -1.07. The van der Waals surface area contributed by atoms with Gasteiger partial charge >= 0.3 is 9.24 Å². The molecule has 1 unspecified atom stereocenters. The van der Waals surface area contributed by atoms with Gasteiger partial charge in [-0.2, -0.15) is 8.42 Å². The number of hydrogen-bond donors (Lipinski definition) is 0. The fraction of sp³-hybridized carbons (Fsp3) is 0.364. The van der Waals surface area contributed by atoms with Crippen LogP contribution in [-0.2, 0) is 14.0 Å². The summed E-state index contributed by atoms with van der Waals surface area (Å²) in [7, 11) is 1.24. The summed E-state index contributed by atoms with van der Waals surface area (Å²) < 4.78 is 23.2. The molecule has 2 rings (SSSR count). The van der Waals surface area contributed by atoms with Crippen molar-refractivity contribution in [2.75, 3.05) is 0 Å². The Labute approximate surface area is 105 Å². The van der Waals surface area contributed by atoms with Crippen molar-refractivity contribution in [1.82, 2.24) is 4.31 Å². The van der Waals surface area contributed by atoms with E-state index in [0.717, 1.165) is 21.0 Å². The first-order chi connectivity index (χ1) is 7.80. The highest BCUT2D eigenvalue weighted by molar-refractivity contribution is 8.12. The van der Waals surface area contributed by atoms with Crippen LogP contribution in [0.4, 0.5) is 0 Å². The molecule has 1 aromatic rings. The van der Waals surface area contributed by atoms with Crippen LogP contribution in [0, 0.1) is 13.8 Å². The molecule has 92 valence electrons. The zero-order chi connectivity index (χ0) is 12.8. The molecule has 17 heavy (non-hydrogen) atoms. The number of aryl methyl sites for hydroxylation is 2. The maximum atomic E-state index is 11.3. The lowest BCUT2D eigenvalue weighted by atomic mass is 9.94. The van der Waals surface area contributed by atoms with Gasteiger partial charge in [-0.3, -0.25) is 4.79 Å². The molecule has 0 aromatic heterocycles. The van der Waals surface area contributed by atoms with Crippen LogP contribution < -0.4 is 0 Å². The zero-order valence-electron chi connectivity index (χ0n) is 9.47. The van der Waals surface area contributed by atoms with Crippen molar-refractivity contribution in [2.24, 2.45) is 0 Å². The largest absolute Gasteiger partial charge is 0.324 e. The molecule has 1 amide bonds. The molecule has 1 saturated heterocycles. The standard InChI is InChI=1S/C11H12ClNO3S/c1-7-3-4-9(5-8(7)2)10-6-11(14)13(10)17(12,15)16/h3-5,10H,6H2,1-2H3. The summed E-state index contributed by atoms with van der Waals surface area (Å²) in [4.78, 5) is 11.3. The second-order valence-electron chi connectivity index (χ2n) is 4.20. The van der Waals surface area contributed by atoms with Gasteiger partial charge in [0.25, 0.3) is 0 Å². The molecule has 6 heteroatoms. The van der Waals surface area contributed by atoms with Crippen LogP contribution in [0.2, 0.25) is 0 Å². The van der Waals surface area contributed by atoms with E-state index in [1.807, 2.05) is 32.0 Å². The van der Waals surface area contributed by atoms with Crippen LogP contribution in [0.25, 0.3) is 0 Å². The Balaban J connectivity index is 2.36. The molecule has 0 saturated carbocycles. The number of hydrogen-bond acceptors (Lipinski definition) is 3. The number of carbonyl (C=O) groups is 1. The molecule has 0 N–H and O–H groups in total. The Morgan fingerprint density at radius 2 is 1.94 bits per heavy atom. The first kappa shape index (κ1) is 12.4. The van der Waals surface area contributed by atoms with Gasteiger partial charge in [0, 0.05) is 10.7 Å². The van der Waals surface area contributed by atoms with Gasteiger partial charge in [0.15, 0.2) is 0 Å². The fourth-order valence-corrected chi connectivity index (χ4v) is 3.24. The van der Waals surface area contributed by atoms with Crippen molar-refractivity contribution < 1.29 is 13.2 Å². The third-order valence-electron chi connectivity index (χ3n) is 3.05. The van der Waals surface area contributed by atoms with E-state index < -0.39 is 21.2 Å². The lowest BCUT2D eigenvalue weighted by molar-refractivity contribution is -0.137. The maximum Gasteiger partial charge on any atom is 0.324 e. The Bertz CT molecular complexity index is 582. The van der Waals surface area contributed by atoms with Gasteiger partial charge in [0.1, 0.15) is 0 Å². The van der Waals surface area contributed by atoms with E-state index in [4.69, 9.17) is 10.7 Å². The molecule has 1 aliphatic rings. The van der Waals surface area contributed by atoms with Crippen molar-refractivity contribution in [1.29, 1.82) is 0 Å². The molecule has 0 spiro atoms. The number of carbonyl (C=O) groups excluding carboxylic acids is 1. The highest BCUT2D eigenvalue weighted by atomic mass is 35.7. The van der Waals surface area contributed by atoms with Gasteiger partial charge < -0.3 is 0 Å². The predicted octanol–water partition coefficient (Wildman–Crippen LogP) is 2.06. The third-order valence-corrected chi connectivity index (χ3v) is 4.42. The minimum atomic E-state index is -3.98. The molecule has 4 nitrogen and oxygen atoms in total. The smallest absolute Gasteiger partial charge is 0.274 e. The van der Waals surface area contributed by atoms with Crippen LogP contribution in [0.5, 0.6) is 0 Å². The number of amides is 1. The zero-order valence-corrected chi connectivity index (χ0v) is 11.0. The topological polar surface area (TPSA) is 54.5 Å². The van der Waals surface area contributed by atoms with Gasteiger partial charge in [-0.25, -0.2) is 4.31 Å². The highest BCUT2D eigenvalue weighted by Gasteiger charge is 2.44. The summed E-state index contributed by atoms with van der Waals surface area (Å²) in [6.45, 7) is 3.92. The first-order valence-electron chi connectivity index (χ1n) is 5.14. The number of halogens is 1. The van der Waals surface area contributed by atoms with Crippen molar-refractivity contribution in [3.63, 3.8) is 0 Å². The van der Waals surface area contributed by atoms with Gasteiger partial charge in [0.2, 0.25) is 5.91 Å². The van der Waals surface area contributed by atoms with Gasteiger partial charge in [-0.1, -0.05) is 18.2 Å². The fourth-order valence-electron chi connectivity index (χ4n) is 1.90. The average molecular weight is 274 g/mol. The second kappa shape index (κ2) is 3.99. The van der Waals surface area contributed by atoms with Crippen LogP contribution >= 0.6 is 10.7 Å². The predicted molar refractivity (Wildman–Crippen MR) is 64.9 cm³/mol. The van der Waals surface area contributed by atoms with Crippen LogP contribution in [0.3, 0.4) is 0 Å². The molecule has 1 aromatic carbocycles. The molecular weight excluding hydrogens is 262 g/mol. The molecule has 1 atom stereocenters. The minimum absolute atomic E-state index is 0.189. The molecule has 0 radical (unpaired) electrons. The van der Waals surface area contributed by atoms with Crippen molar-refractivity contribution in [3.8, 4) is 0 Å². The van der Waals surface area contributed by atoms with Crippen LogP contribution in [0.15, 0.2) is 18.2 Å². The molecular formula is C11H12ClNO3S. The summed E-state index contributed by atoms with van der Waals surface area (Å²) in [5.74, 6) is -0.455. The van der Waals surface area contributed by atoms with Crippen molar-refractivity contribution in [2.45, 2.75) is 26.3 Å². The summed E-state index contributed by atoms with van der Waals surface area (Å²) in [6.07, 6.45) is 0.189. The van der Waals surface area contributed by atoms with E-state index >= 15 is 0 Å². The second-order valence-corrected chi connectivity index (χ2v) is 6.58. The SMILES string of the molecule is Cc1ccc(C2CC(=O)N2S(=O)(=O)Cl)cc1C. The van der Waals surface area contributed by atoms with E-state index in [1.54, 1.807) is 0 Å². The van der Waals surface area contributed by atoms with E-state index in [-0.39, 0.29) is 6.42 Å². The van der Waals surface area contributed by atoms with Gasteiger partial charge in [-0.05, 0) is 30.5 Å². The summed E-state index contributed by atoms with van der Waals surface area (Å²) in [5, 5.41) is 0. The van der Waals surface area contributed by atoms with Gasteiger partial charge in [-0.15, -0.1) is 0 Å². The number of benzene rings is 1. The minimum Gasteiger partial charge on any atom is -0.274 e. The van der Waals surface area contributed by atoms with Crippen LogP contribution in [-0.4, -0.2) is 18.6 Å². The highest BCUT2D eigenvalue weighted by Crippen LogP contribution is 2.38. The molecule has 1 heterocycles. The average Bonchev–Trinajstić information content (AvgIpc) is 2.16. The van der Waals surface area contributed by atoms with Crippen LogP contribution in [0.1, 0.15) is 29.2 Å². The maximum absolute atomic E-state index is 11.3. The summed E-state index contributed by atoms with van der Waals surface area (Å²) in [6, 6.07) is 5.17. The molecule has 1 aliphatic heterocycles. The molecule has 0 bridgehead atoms. The lowest BCUT2D eigenvalue weighted by Crippen LogP contribution is -2.47. The first-order valence-corrected chi connectivity index (χ1v) is 7.41. The Kier molecular flexibility index (Phi) is 2.91. The number of nitrogens with zero attached hydrogens (tertiary/aromatic N) is 1. The molecule has 0 aliphatic carbocycles. The normalized spacial score (nSPS) is 20.3. The van der Waals surface area contributed by atoms with E-state index in [2.05, 4.69) is 0 Å². The number of β-lactam (4-membered cyclic amide) rings is 1. The van der Waals surface area contributed by atoms with Crippen molar-refractivity contribution >= 4 is 25.8 Å². The monoisotopic (exact) mass is 273 g/mol. The Morgan fingerprint density at radius 1 is 1.29 bits per heavy atom. The van der Waals surface area contributed by atoms with E-state index in [0.29, 0.717) is 0 Å². The van der Waals surface area contributed by atoms with Crippen molar-refractivity contribution in [3.05, 3.63) is 34.9 Å². The van der Waals surface area contributed by atoms with Gasteiger partial charge in [0.05, 0.1) is 12.5 Å². The lowest BCUT2D eigenvalue weighted by Gasteiger charge is -2.37. The van der Waals surface area contributed by atoms with E-state index in [9.17, 15) is 13.2 Å². The number of rotatable bonds is 2.